The molecule has 0 aliphatic heterocycles. The van der Waals surface area contributed by atoms with E-state index in [0.717, 1.165) is 22.3 Å². The first-order valence-corrected chi connectivity index (χ1v) is 5.39. The lowest BCUT2D eigenvalue weighted by atomic mass is 10.1. The summed E-state index contributed by atoms with van der Waals surface area (Å²) in [6, 6.07) is 10.5. The van der Waals surface area contributed by atoms with Gasteiger partial charge in [-0.25, -0.2) is 0 Å². The maximum atomic E-state index is 9.54. The van der Waals surface area contributed by atoms with Crippen LogP contribution in [0.3, 0.4) is 0 Å². The molecule has 0 radical (unpaired) electrons. The Morgan fingerprint density at radius 2 is 1.35 bits per heavy atom. The normalized spacial score (nSPS) is 13.5. The summed E-state index contributed by atoms with van der Waals surface area (Å²) in [6.45, 7) is 0. The Balaban J connectivity index is 2.28. The Kier molecular flexibility index (Phi) is 2.09. The van der Waals surface area contributed by atoms with E-state index in [9.17, 15) is 10.2 Å². The molecule has 0 saturated carbocycles. The van der Waals surface area contributed by atoms with Crippen molar-refractivity contribution in [3.05, 3.63) is 47.5 Å². The van der Waals surface area contributed by atoms with Crippen LogP contribution in [0.1, 0.15) is 17.2 Å². The van der Waals surface area contributed by atoms with Gasteiger partial charge in [0.15, 0.2) is 0 Å². The Morgan fingerprint density at radius 1 is 0.882 bits per heavy atom. The van der Waals surface area contributed by atoms with Gasteiger partial charge in [-0.1, -0.05) is 12.1 Å². The summed E-state index contributed by atoms with van der Waals surface area (Å²) >= 11 is 0. The van der Waals surface area contributed by atoms with Gasteiger partial charge >= 0.3 is 0 Å². The standard InChI is InChI=1S/C14H12O3/c1-17-14-12-6-8(15)2-4-10(12)11-5-3-9(16)7-13(11)14/h2-7,14-16H,1H3. The minimum atomic E-state index is -0.223. The monoisotopic (exact) mass is 228 g/mol. The quantitative estimate of drug-likeness (QED) is 0.789. The van der Waals surface area contributed by atoms with Gasteiger partial charge in [0.2, 0.25) is 0 Å². The van der Waals surface area contributed by atoms with Crippen molar-refractivity contribution in [2.75, 3.05) is 7.11 Å². The summed E-state index contributed by atoms with van der Waals surface area (Å²) in [7, 11) is 1.62. The number of fused-ring (bicyclic) bond motifs is 3. The number of methoxy groups -OCH3 is 1. The molecule has 1 aliphatic rings. The van der Waals surface area contributed by atoms with E-state index in [1.54, 1.807) is 31.4 Å². The van der Waals surface area contributed by atoms with Gasteiger partial charge in [0.1, 0.15) is 17.6 Å². The fourth-order valence-corrected chi connectivity index (χ4v) is 2.45. The van der Waals surface area contributed by atoms with Crippen LogP contribution in [0.15, 0.2) is 36.4 Å². The molecule has 3 nitrogen and oxygen atoms in total. The van der Waals surface area contributed by atoms with Crippen LogP contribution in [0.4, 0.5) is 0 Å². The molecule has 2 aromatic rings. The Labute approximate surface area is 98.9 Å². The molecule has 0 amide bonds. The van der Waals surface area contributed by atoms with Gasteiger partial charge in [-0.05, 0) is 46.5 Å². The van der Waals surface area contributed by atoms with Crippen molar-refractivity contribution in [2.24, 2.45) is 0 Å². The molecule has 2 aromatic carbocycles. The van der Waals surface area contributed by atoms with E-state index in [1.165, 1.54) is 0 Å². The molecule has 17 heavy (non-hydrogen) atoms. The van der Waals surface area contributed by atoms with Crippen LogP contribution in [-0.4, -0.2) is 17.3 Å². The van der Waals surface area contributed by atoms with Crippen LogP contribution in [0.25, 0.3) is 11.1 Å². The van der Waals surface area contributed by atoms with E-state index in [1.807, 2.05) is 12.1 Å². The van der Waals surface area contributed by atoms with Gasteiger partial charge in [0.25, 0.3) is 0 Å². The largest absolute Gasteiger partial charge is 0.508 e. The summed E-state index contributed by atoms with van der Waals surface area (Å²) in [5.41, 5.74) is 3.97. The zero-order valence-electron chi connectivity index (χ0n) is 9.34. The van der Waals surface area contributed by atoms with E-state index in [2.05, 4.69) is 0 Å². The molecule has 3 rings (SSSR count). The first kappa shape index (κ1) is 10.2. The van der Waals surface area contributed by atoms with Gasteiger partial charge in [-0.3, -0.25) is 0 Å². The van der Waals surface area contributed by atoms with Gasteiger partial charge in [-0.15, -0.1) is 0 Å². The number of rotatable bonds is 1. The average molecular weight is 228 g/mol. The maximum absolute atomic E-state index is 9.54. The second kappa shape index (κ2) is 3.50. The van der Waals surface area contributed by atoms with Gasteiger partial charge < -0.3 is 14.9 Å². The molecule has 1 aliphatic carbocycles. The third-order valence-corrected chi connectivity index (χ3v) is 3.16. The highest BCUT2D eigenvalue weighted by Crippen LogP contribution is 2.47. The Hall–Kier alpha value is -2.00. The Morgan fingerprint density at radius 3 is 1.76 bits per heavy atom. The minimum absolute atomic E-state index is 0.223. The van der Waals surface area contributed by atoms with Crippen molar-refractivity contribution in [3.8, 4) is 22.6 Å². The molecular weight excluding hydrogens is 216 g/mol. The summed E-state index contributed by atoms with van der Waals surface area (Å²) in [5, 5.41) is 19.1. The van der Waals surface area contributed by atoms with Gasteiger partial charge in [-0.2, -0.15) is 0 Å². The van der Waals surface area contributed by atoms with E-state index in [4.69, 9.17) is 4.74 Å². The smallest absolute Gasteiger partial charge is 0.116 e. The summed E-state index contributed by atoms with van der Waals surface area (Å²) in [6.07, 6.45) is -0.223. The predicted octanol–water partition coefficient (Wildman–Crippen LogP) is 2.81. The number of phenolic OH excluding ortho intramolecular Hbond substituents is 2. The molecule has 0 aromatic heterocycles. The van der Waals surface area contributed by atoms with Crippen LogP contribution in [0.2, 0.25) is 0 Å². The lowest BCUT2D eigenvalue weighted by molar-refractivity contribution is 0.139. The zero-order chi connectivity index (χ0) is 12.0. The highest BCUT2D eigenvalue weighted by atomic mass is 16.5. The van der Waals surface area contributed by atoms with Crippen molar-refractivity contribution < 1.29 is 14.9 Å². The number of hydrogen-bond acceptors (Lipinski definition) is 3. The Bertz CT molecular complexity index is 539. The van der Waals surface area contributed by atoms with E-state index in [0.29, 0.717) is 0 Å². The SMILES string of the molecule is COC1c2cc(O)ccc2-c2ccc(O)cc21. The molecule has 0 unspecified atom stereocenters. The van der Waals surface area contributed by atoms with Crippen LogP contribution in [0.5, 0.6) is 11.5 Å². The van der Waals surface area contributed by atoms with Crippen molar-refractivity contribution in [2.45, 2.75) is 6.10 Å². The van der Waals surface area contributed by atoms with Crippen molar-refractivity contribution in [3.63, 3.8) is 0 Å². The molecule has 2 N–H and O–H groups in total. The predicted molar refractivity (Wildman–Crippen MR) is 64.1 cm³/mol. The number of ether oxygens (including phenoxy) is 1. The highest BCUT2D eigenvalue weighted by Gasteiger charge is 2.29. The molecule has 0 saturated heterocycles. The molecule has 3 heteroatoms. The first-order valence-electron chi connectivity index (χ1n) is 5.39. The molecule has 0 heterocycles. The maximum Gasteiger partial charge on any atom is 0.116 e. The minimum Gasteiger partial charge on any atom is -0.508 e. The van der Waals surface area contributed by atoms with Crippen LogP contribution < -0.4 is 0 Å². The molecule has 0 spiro atoms. The summed E-state index contributed by atoms with van der Waals surface area (Å²) in [5.74, 6) is 0.450. The second-order valence-electron chi connectivity index (χ2n) is 4.16. The molecular formula is C14H12O3. The first-order chi connectivity index (χ1) is 8.20. The van der Waals surface area contributed by atoms with E-state index >= 15 is 0 Å². The molecule has 0 atom stereocenters. The highest BCUT2D eigenvalue weighted by molar-refractivity contribution is 5.79. The molecule has 0 fully saturated rings. The lowest BCUT2D eigenvalue weighted by Crippen LogP contribution is -1.98. The topological polar surface area (TPSA) is 49.7 Å². The number of phenols is 2. The fourth-order valence-electron chi connectivity index (χ4n) is 2.45. The third kappa shape index (κ3) is 1.40. The zero-order valence-corrected chi connectivity index (χ0v) is 9.34. The van der Waals surface area contributed by atoms with Crippen LogP contribution >= 0.6 is 0 Å². The van der Waals surface area contributed by atoms with Crippen LogP contribution in [0, 0.1) is 0 Å². The van der Waals surface area contributed by atoms with E-state index in [-0.39, 0.29) is 17.6 Å². The summed E-state index contributed by atoms with van der Waals surface area (Å²) in [4.78, 5) is 0. The van der Waals surface area contributed by atoms with Gasteiger partial charge in [0, 0.05) is 7.11 Å². The van der Waals surface area contributed by atoms with Gasteiger partial charge in [0.05, 0.1) is 0 Å². The number of aromatic hydroxyl groups is 2. The second-order valence-corrected chi connectivity index (χ2v) is 4.16. The summed E-state index contributed by atoms with van der Waals surface area (Å²) < 4.78 is 5.45. The fraction of sp³-hybridized carbons (Fsp3) is 0.143. The third-order valence-electron chi connectivity index (χ3n) is 3.16. The van der Waals surface area contributed by atoms with E-state index < -0.39 is 0 Å². The molecule has 86 valence electrons. The number of benzene rings is 2. The average Bonchev–Trinajstić information content (AvgIpc) is 2.60. The molecule has 0 bridgehead atoms. The van der Waals surface area contributed by atoms with Crippen LogP contribution in [-0.2, 0) is 4.74 Å². The van der Waals surface area contributed by atoms with Crippen molar-refractivity contribution in [1.29, 1.82) is 0 Å². The number of hydrogen-bond donors (Lipinski definition) is 2. The van der Waals surface area contributed by atoms with Crippen molar-refractivity contribution in [1.82, 2.24) is 0 Å². The van der Waals surface area contributed by atoms with Crippen molar-refractivity contribution >= 4 is 0 Å². The lowest BCUT2D eigenvalue weighted by Gasteiger charge is -2.11.